The molecule has 0 radical (unpaired) electrons. The van der Waals surface area contributed by atoms with Crippen LogP contribution in [0.4, 0.5) is 4.39 Å². The Kier molecular flexibility index (Phi) is 15.3. The average molecular weight is 672 g/mol. The quantitative estimate of drug-likeness (QED) is 0.103. The number of carbonyl (C=O) groups is 2. The third-order valence-electron chi connectivity index (χ3n) is 6.89. The molecule has 10 heteroatoms. The molecule has 0 spiro atoms. The van der Waals surface area contributed by atoms with Gasteiger partial charge in [0.1, 0.15) is 17.0 Å². The molecule has 5 rings (SSSR count). The highest BCUT2D eigenvalue weighted by molar-refractivity contribution is 7.09. The summed E-state index contributed by atoms with van der Waals surface area (Å²) in [5.74, 6) is -0.240. The molecule has 0 unspecified atom stereocenters. The van der Waals surface area contributed by atoms with Crippen molar-refractivity contribution in [2.75, 3.05) is 27.2 Å². The summed E-state index contributed by atoms with van der Waals surface area (Å²) in [6.45, 7) is 9.81. The van der Waals surface area contributed by atoms with Crippen LogP contribution in [0.5, 0.6) is 0 Å². The van der Waals surface area contributed by atoms with Gasteiger partial charge in [-0.25, -0.2) is 9.37 Å². The molecule has 3 heterocycles. The molecule has 5 aromatic rings. The summed E-state index contributed by atoms with van der Waals surface area (Å²) in [4.78, 5) is 34.3. The average Bonchev–Trinajstić information content (AvgIpc) is 3.75. The van der Waals surface area contributed by atoms with Gasteiger partial charge in [-0.1, -0.05) is 35.9 Å². The molecule has 0 aliphatic carbocycles. The van der Waals surface area contributed by atoms with E-state index in [-0.39, 0.29) is 5.91 Å². The van der Waals surface area contributed by atoms with Gasteiger partial charge in [0.15, 0.2) is 0 Å². The Balaban J connectivity index is 0.000000297. The molecule has 0 saturated heterocycles. The van der Waals surface area contributed by atoms with E-state index >= 15 is 0 Å². The molecule has 0 aliphatic rings. The zero-order valence-corrected chi connectivity index (χ0v) is 29.4. The highest BCUT2D eigenvalue weighted by Crippen LogP contribution is 2.24. The number of amides is 1. The lowest BCUT2D eigenvalue weighted by Crippen LogP contribution is -2.27. The Labute approximate surface area is 287 Å². The number of aromatic nitrogens is 2. The minimum atomic E-state index is -1.42. The van der Waals surface area contributed by atoms with Gasteiger partial charge in [0, 0.05) is 65.4 Å². The number of furan rings is 1. The summed E-state index contributed by atoms with van der Waals surface area (Å²) in [6, 6.07) is 18.9. The monoisotopic (exact) mass is 671 g/mol. The van der Waals surface area contributed by atoms with E-state index in [0.717, 1.165) is 41.6 Å². The van der Waals surface area contributed by atoms with Gasteiger partial charge < -0.3 is 20.0 Å². The summed E-state index contributed by atoms with van der Waals surface area (Å²) in [5, 5.41) is 9.42. The van der Waals surface area contributed by atoms with Crippen molar-refractivity contribution >= 4 is 23.5 Å². The van der Waals surface area contributed by atoms with Gasteiger partial charge in [0.25, 0.3) is 5.91 Å². The van der Waals surface area contributed by atoms with Crippen molar-refractivity contribution < 1.29 is 18.4 Å². The highest BCUT2D eigenvalue weighted by Gasteiger charge is 2.19. The lowest BCUT2D eigenvalue weighted by atomic mass is 10.0. The Hall–Kier alpha value is -4.51. The molecular formula is C38H46FN5O3S. The summed E-state index contributed by atoms with van der Waals surface area (Å²) in [7, 11) is 4.10. The second-order valence-electron chi connectivity index (χ2n) is 12.1. The third-order valence-corrected chi connectivity index (χ3v) is 7.84. The molecule has 0 saturated carbocycles. The minimum Gasteiger partial charge on any atom is -0.472 e. The van der Waals surface area contributed by atoms with Crippen LogP contribution >= 0.6 is 11.3 Å². The van der Waals surface area contributed by atoms with Crippen LogP contribution in [0.2, 0.25) is 0 Å². The van der Waals surface area contributed by atoms with Gasteiger partial charge in [-0.15, -0.1) is 11.3 Å². The van der Waals surface area contributed by atoms with Crippen LogP contribution in [-0.2, 0) is 18.8 Å². The van der Waals surface area contributed by atoms with Gasteiger partial charge in [-0.3, -0.25) is 14.6 Å². The number of alkyl halides is 1. The predicted octanol–water partition coefficient (Wildman–Crippen LogP) is 7.78. The number of nitrogens with zero attached hydrogens (tertiary/aromatic N) is 3. The fraction of sp³-hybridized carbons (Fsp3) is 0.316. The molecule has 1 amide bonds. The predicted molar refractivity (Wildman–Crippen MR) is 192 cm³/mol. The van der Waals surface area contributed by atoms with Gasteiger partial charge >= 0.3 is 0 Å². The number of aryl methyl sites for hydroxylation is 2. The fourth-order valence-electron chi connectivity index (χ4n) is 4.39. The summed E-state index contributed by atoms with van der Waals surface area (Å²) in [6.07, 6.45) is 7.79. The number of carbonyl (C=O) groups excluding carboxylic acids is 2. The molecule has 0 fully saturated rings. The van der Waals surface area contributed by atoms with Gasteiger partial charge in [0.05, 0.1) is 12.5 Å². The highest BCUT2D eigenvalue weighted by atomic mass is 32.1. The van der Waals surface area contributed by atoms with E-state index in [2.05, 4.69) is 64.0 Å². The molecule has 254 valence electrons. The zero-order chi connectivity index (χ0) is 34.9. The van der Waals surface area contributed by atoms with Gasteiger partial charge in [-0.05, 0) is 96.2 Å². The number of rotatable bonds is 12. The number of nitrogens with one attached hydrogen (secondary N) is 2. The molecule has 0 aliphatic heterocycles. The van der Waals surface area contributed by atoms with Crippen molar-refractivity contribution in [2.45, 2.75) is 52.9 Å². The number of aldehydes is 1. The smallest absolute Gasteiger partial charge is 0.251 e. The molecule has 2 aromatic carbocycles. The van der Waals surface area contributed by atoms with Crippen LogP contribution in [0.25, 0.3) is 11.1 Å². The maximum atomic E-state index is 14.0. The van der Waals surface area contributed by atoms with Crippen molar-refractivity contribution in [2.24, 2.45) is 0 Å². The molecule has 8 nitrogen and oxygen atoms in total. The number of pyridine rings is 1. The molecular weight excluding hydrogens is 626 g/mol. The van der Waals surface area contributed by atoms with Gasteiger partial charge in [0.2, 0.25) is 0 Å². The Bertz CT molecular complexity index is 1680. The number of benzene rings is 2. The largest absolute Gasteiger partial charge is 0.472 e. The lowest BCUT2D eigenvalue weighted by Gasteiger charge is -2.15. The molecule has 3 aromatic heterocycles. The number of halogens is 1. The Morgan fingerprint density at radius 2 is 1.79 bits per heavy atom. The van der Waals surface area contributed by atoms with E-state index in [9.17, 15) is 14.0 Å². The summed E-state index contributed by atoms with van der Waals surface area (Å²) >= 11 is 1.73. The fourth-order valence-corrected chi connectivity index (χ4v) is 5.27. The SMILES string of the molecule is CC(C)(F)c1cncc(CNCCCNC(=O)c2cc(C=O)cc(-c3ccoc3)c2)c1.Cc1ccccc1.Cc1csc(CN(C)C)n1. The first-order valence-electron chi connectivity index (χ1n) is 15.8. The second-order valence-corrected chi connectivity index (χ2v) is 13.0. The molecule has 2 N–H and O–H groups in total. The Morgan fingerprint density at radius 1 is 1.02 bits per heavy atom. The van der Waals surface area contributed by atoms with Crippen LogP contribution in [0.3, 0.4) is 0 Å². The van der Waals surface area contributed by atoms with Crippen LogP contribution in [0, 0.1) is 13.8 Å². The van der Waals surface area contributed by atoms with Crippen LogP contribution in [0.1, 0.15) is 68.4 Å². The van der Waals surface area contributed by atoms with Crippen LogP contribution < -0.4 is 10.6 Å². The van der Waals surface area contributed by atoms with Crippen molar-refractivity contribution in [3.63, 3.8) is 0 Å². The zero-order valence-electron chi connectivity index (χ0n) is 28.6. The molecule has 0 atom stereocenters. The lowest BCUT2D eigenvalue weighted by molar-refractivity contribution is 0.0953. The van der Waals surface area contributed by atoms with Crippen molar-refractivity contribution in [1.29, 1.82) is 0 Å². The van der Waals surface area contributed by atoms with Crippen LogP contribution in [0.15, 0.2) is 95.4 Å². The van der Waals surface area contributed by atoms with Gasteiger partial charge in [-0.2, -0.15) is 0 Å². The molecule has 0 bridgehead atoms. The van der Waals surface area contributed by atoms with Crippen molar-refractivity contribution in [3.05, 3.63) is 129 Å². The van der Waals surface area contributed by atoms with E-state index in [1.165, 1.54) is 30.6 Å². The normalized spacial score (nSPS) is 10.8. The van der Waals surface area contributed by atoms with Crippen LogP contribution in [-0.4, -0.2) is 54.2 Å². The minimum absolute atomic E-state index is 0.240. The van der Waals surface area contributed by atoms with E-state index in [0.29, 0.717) is 36.3 Å². The number of thiazole rings is 1. The van der Waals surface area contributed by atoms with E-state index in [1.807, 2.05) is 25.1 Å². The maximum absolute atomic E-state index is 14.0. The molecule has 48 heavy (non-hydrogen) atoms. The van der Waals surface area contributed by atoms with Crippen molar-refractivity contribution in [1.82, 2.24) is 25.5 Å². The summed E-state index contributed by atoms with van der Waals surface area (Å²) < 4.78 is 19.1. The summed E-state index contributed by atoms with van der Waals surface area (Å²) in [5.41, 5.74) is 4.88. The van der Waals surface area contributed by atoms with E-state index in [1.54, 1.807) is 60.4 Å². The number of hydrogen-bond acceptors (Lipinski definition) is 8. The Morgan fingerprint density at radius 3 is 2.38 bits per heavy atom. The first-order valence-corrected chi connectivity index (χ1v) is 16.6. The maximum Gasteiger partial charge on any atom is 0.251 e. The third kappa shape index (κ3) is 13.7. The number of hydrogen-bond donors (Lipinski definition) is 2. The first kappa shape index (κ1) is 37.9. The first-order chi connectivity index (χ1) is 22.9. The topological polar surface area (TPSA) is 100 Å². The van der Waals surface area contributed by atoms with Crippen molar-refractivity contribution in [3.8, 4) is 11.1 Å². The standard InChI is InChI=1S/C24H26FN3O3.C7H12N2S.C7H8/c1-24(2,25)22-10-18(13-27-14-22)12-26-5-3-6-28-23(30)21-9-17(15-29)8-20(11-21)19-4-7-31-16-19;1-6-5-10-7(8-6)4-9(2)3;1-7-5-3-2-4-6-7/h4,7-11,13-16,26H,3,5-6,12H2,1-2H3,(H,28,30);5H,4H2,1-3H3;2-6H,1H3. The van der Waals surface area contributed by atoms with E-state index in [4.69, 9.17) is 4.42 Å². The van der Waals surface area contributed by atoms with E-state index < -0.39 is 5.67 Å². The second kappa shape index (κ2) is 19.3.